The summed E-state index contributed by atoms with van der Waals surface area (Å²) in [5.41, 5.74) is 2.94. The van der Waals surface area contributed by atoms with E-state index in [1.54, 1.807) is 0 Å². The van der Waals surface area contributed by atoms with Gasteiger partial charge in [0.05, 0.1) is 12.0 Å². The van der Waals surface area contributed by atoms with E-state index in [-0.39, 0.29) is 29.1 Å². The Morgan fingerprint density at radius 2 is 1.93 bits per heavy atom. The van der Waals surface area contributed by atoms with Crippen molar-refractivity contribution in [1.29, 1.82) is 0 Å². The van der Waals surface area contributed by atoms with E-state index in [1.165, 1.54) is 24.0 Å². The minimum Gasteiger partial charge on any atom is -0.462 e. The van der Waals surface area contributed by atoms with Gasteiger partial charge in [-0.3, -0.25) is 4.79 Å². The van der Waals surface area contributed by atoms with Crippen molar-refractivity contribution in [3.05, 3.63) is 23.3 Å². The molecule has 1 aliphatic heterocycles. The van der Waals surface area contributed by atoms with E-state index in [1.807, 2.05) is 0 Å². The lowest BCUT2D eigenvalue weighted by molar-refractivity contribution is -0.175. The summed E-state index contributed by atoms with van der Waals surface area (Å²) in [5, 5.41) is 0.141. The van der Waals surface area contributed by atoms with Crippen molar-refractivity contribution < 1.29 is 14.0 Å². The van der Waals surface area contributed by atoms with Crippen molar-refractivity contribution in [3.8, 4) is 0 Å². The summed E-state index contributed by atoms with van der Waals surface area (Å²) in [4.78, 5) is 13.0. The van der Waals surface area contributed by atoms with Crippen LogP contribution >= 0.6 is 0 Å². The standard InChI is InChI=1S/C25H42O3Si/c1-9-18-23(28-29(7,8)25(4,5)6)15-22(27-24(18)26)20-13-11-17(3)21-14-16(2)10-12-19(20)21/h11,14,16,18-20,22-23H,9-10,12-13,15H2,1-8H3/t16?,18?,19-,20?,22-,23-/m1/s1. The predicted octanol–water partition coefficient (Wildman–Crippen LogP) is 6.66. The second-order valence-electron chi connectivity index (χ2n) is 11.2. The third-order valence-corrected chi connectivity index (χ3v) is 12.6. The summed E-state index contributed by atoms with van der Waals surface area (Å²) < 4.78 is 12.9. The molecular weight excluding hydrogens is 376 g/mol. The molecule has 6 atom stereocenters. The Labute approximate surface area is 179 Å². The zero-order valence-electron chi connectivity index (χ0n) is 19.9. The first-order chi connectivity index (χ1) is 13.4. The molecule has 3 rings (SSSR count). The normalized spacial score (nSPS) is 36.1. The number of esters is 1. The predicted molar refractivity (Wildman–Crippen MR) is 122 cm³/mol. The third-order valence-electron chi connectivity index (χ3n) is 8.12. The molecule has 164 valence electrons. The van der Waals surface area contributed by atoms with Crippen molar-refractivity contribution >= 4 is 14.3 Å². The molecule has 0 aromatic rings. The number of carbonyl (C=O) groups is 1. The zero-order chi connectivity index (χ0) is 21.6. The highest BCUT2D eigenvalue weighted by atomic mass is 28.4. The van der Waals surface area contributed by atoms with Gasteiger partial charge in [0.25, 0.3) is 0 Å². The molecule has 0 amide bonds. The topological polar surface area (TPSA) is 35.5 Å². The summed E-state index contributed by atoms with van der Waals surface area (Å²) >= 11 is 0. The molecule has 0 bridgehead atoms. The first kappa shape index (κ1) is 22.8. The highest BCUT2D eigenvalue weighted by Gasteiger charge is 2.48. The van der Waals surface area contributed by atoms with Crippen molar-refractivity contribution in [3.63, 3.8) is 0 Å². The number of cyclic esters (lactones) is 1. The van der Waals surface area contributed by atoms with Crippen LogP contribution in [-0.2, 0) is 14.0 Å². The van der Waals surface area contributed by atoms with Gasteiger partial charge < -0.3 is 9.16 Å². The Morgan fingerprint density at radius 3 is 2.55 bits per heavy atom. The van der Waals surface area contributed by atoms with Crippen LogP contribution in [-0.4, -0.2) is 26.5 Å². The maximum Gasteiger partial charge on any atom is 0.311 e. The van der Waals surface area contributed by atoms with E-state index in [4.69, 9.17) is 9.16 Å². The first-order valence-electron chi connectivity index (χ1n) is 11.7. The Balaban J connectivity index is 1.84. The van der Waals surface area contributed by atoms with Gasteiger partial charge in [0.1, 0.15) is 6.10 Å². The van der Waals surface area contributed by atoms with Crippen LogP contribution in [0.15, 0.2) is 23.3 Å². The van der Waals surface area contributed by atoms with Gasteiger partial charge in [0.15, 0.2) is 8.32 Å². The van der Waals surface area contributed by atoms with Crippen LogP contribution in [0.2, 0.25) is 18.1 Å². The third kappa shape index (κ3) is 4.58. The maximum atomic E-state index is 13.0. The quantitative estimate of drug-likeness (QED) is 0.378. The van der Waals surface area contributed by atoms with Crippen LogP contribution in [0, 0.1) is 23.7 Å². The molecule has 1 fully saturated rings. The molecule has 1 heterocycles. The average Bonchev–Trinajstić information content (AvgIpc) is 2.61. The van der Waals surface area contributed by atoms with E-state index in [0.29, 0.717) is 17.8 Å². The number of hydrogen-bond acceptors (Lipinski definition) is 3. The van der Waals surface area contributed by atoms with Gasteiger partial charge in [-0.05, 0) is 68.1 Å². The van der Waals surface area contributed by atoms with Crippen LogP contribution in [0.1, 0.15) is 73.6 Å². The Morgan fingerprint density at radius 1 is 1.24 bits per heavy atom. The lowest BCUT2D eigenvalue weighted by Gasteiger charge is -2.47. The second kappa shape index (κ2) is 8.34. The molecule has 0 spiro atoms. The fourth-order valence-corrected chi connectivity index (χ4v) is 6.56. The van der Waals surface area contributed by atoms with E-state index >= 15 is 0 Å². The molecule has 0 saturated carbocycles. The van der Waals surface area contributed by atoms with Gasteiger partial charge in [-0.1, -0.05) is 52.3 Å². The van der Waals surface area contributed by atoms with Gasteiger partial charge in [-0.2, -0.15) is 0 Å². The zero-order valence-corrected chi connectivity index (χ0v) is 20.9. The largest absolute Gasteiger partial charge is 0.462 e. The molecule has 0 aromatic carbocycles. The van der Waals surface area contributed by atoms with Gasteiger partial charge in [-0.15, -0.1) is 0 Å². The van der Waals surface area contributed by atoms with Crippen LogP contribution in [0.25, 0.3) is 0 Å². The summed E-state index contributed by atoms with van der Waals surface area (Å²) in [6, 6.07) is 0. The van der Waals surface area contributed by atoms with E-state index in [9.17, 15) is 4.79 Å². The molecule has 3 nitrogen and oxygen atoms in total. The molecule has 1 saturated heterocycles. The summed E-state index contributed by atoms with van der Waals surface area (Å²) in [6.45, 7) is 18.1. The van der Waals surface area contributed by atoms with E-state index in [2.05, 4.69) is 66.8 Å². The number of ether oxygens (including phenoxy) is 1. The van der Waals surface area contributed by atoms with E-state index < -0.39 is 8.32 Å². The Hall–Kier alpha value is -0.873. The molecule has 0 N–H and O–H groups in total. The number of fused-ring (bicyclic) bond motifs is 1. The maximum absolute atomic E-state index is 13.0. The Kier molecular flexibility index (Phi) is 6.56. The smallest absolute Gasteiger partial charge is 0.311 e. The molecule has 3 aliphatic rings. The number of allylic oxidation sites excluding steroid dienone is 4. The molecule has 0 aromatic heterocycles. The SMILES string of the molecule is CCC1C(=O)O[C@@H](C2CC=C(C)C3=CC(C)CC[C@@H]32)C[C@H]1O[Si](C)(C)C(C)(C)C. The molecule has 3 unspecified atom stereocenters. The van der Waals surface area contributed by atoms with Crippen molar-refractivity contribution in [2.24, 2.45) is 23.7 Å². The van der Waals surface area contributed by atoms with Crippen LogP contribution in [0.4, 0.5) is 0 Å². The van der Waals surface area contributed by atoms with E-state index in [0.717, 1.165) is 19.3 Å². The number of rotatable bonds is 4. The summed E-state index contributed by atoms with van der Waals surface area (Å²) in [6.07, 6.45) is 9.92. The van der Waals surface area contributed by atoms with Crippen molar-refractivity contribution in [2.75, 3.05) is 0 Å². The molecular formula is C25H42O3Si. The van der Waals surface area contributed by atoms with Gasteiger partial charge in [-0.25, -0.2) is 0 Å². The highest BCUT2D eigenvalue weighted by Crippen LogP contribution is 2.47. The van der Waals surface area contributed by atoms with Crippen molar-refractivity contribution in [1.82, 2.24) is 0 Å². The minimum absolute atomic E-state index is 0.00547. The minimum atomic E-state index is -1.94. The molecule has 4 heteroatoms. The second-order valence-corrected chi connectivity index (χ2v) is 16.0. The summed E-state index contributed by atoms with van der Waals surface area (Å²) in [7, 11) is -1.94. The van der Waals surface area contributed by atoms with Crippen LogP contribution in [0.3, 0.4) is 0 Å². The fraction of sp³-hybridized carbons (Fsp3) is 0.800. The molecule has 0 radical (unpaired) electrons. The lowest BCUT2D eigenvalue weighted by Crippen LogP contribution is -2.52. The van der Waals surface area contributed by atoms with Gasteiger partial charge in [0.2, 0.25) is 0 Å². The van der Waals surface area contributed by atoms with Crippen LogP contribution < -0.4 is 0 Å². The number of hydrogen-bond donors (Lipinski definition) is 0. The average molecular weight is 419 g/mol. The molecule has 2 aliphatic carbocycles. The number of carbonyl (C=O) groups excluding carboxylic acids is 1. The molecule has 29 heavy (non-hydrogen) atoms. The van der Waals surface area contributed by atoms with Gasteiger partial charge >= 0.3 is 5.97 Å². The highest BCUT2D eigenvalue weighted by molar-refractivity contribution is 6.74. The Bertz CT molecular complexity index is 685. The summed E-state index contributed by atoms with van der Waals surface area (Å²) in [5.74, 6) is 1.41. The first-order valence-corrected chi connectivity index (χ1v) is 14.6. The fourth-order valence-electron chi connectivity index (χ4n) is 5.19. The van der Waals surface area contributed by atoms with Crippen LogP contribution in [0.5, 0.6) is 0 Å². The lowest BCUT2D eigenvalue weighted by atomic mass is 9.66. The van der Waals surface area contributed by atoms with Crippen molar-refractivity contribution in [2.45, 2.75) is 104 Å². The van der Waals surface area contributed by atoms with Gasteiger partial charge in [0, 0.05) is 12.3 Å². The monoisotopic (exact) mass is 418 g/mol.